The number of hydrogen-bond acceptors (Lipinski definition) is 22. The van der Waals surface area contributed by atoms with Crippen LogP contribution in [-0.2, 0) is 101 Å². The van der Waals surface area contributed by atoms with E-state index in [2.05, 4.69) is 24.3 Å². The first-order chi connectivity index (χ1) is 42.9. The first-order valence-electron chi connectivity index (χ1n) is 28.9. The summed E-state index contributed by atoms with van der Waals surface area (Å²) in [5, 5.41) is 27.2. The van der Waals surface area contributed by atoms with Crippen LogP contribution < -0.4 is 56.2 Å². The van der Waals surface area contributed by atoms with Crippen LogP contribution in [0.1, 0.15) is 107 Å². The van der Waals surface area contributed by atoms with Crippen molar-refractivity contribution in [1.82, 2.24) is 38.2 Å². The summed E-state index contributed by atoms with van der Waals surface area (Å²) >= 11 is 0. The minimum Gasteiger partial charge on any atom is -0.491 e. The molecule has 6 N–H and O–H groups in total. The summed E-state index contributed by atoms with van der Waals surface area (Å²) in [6.07, 6.45) is 15.2. The molecule has 4 heterocycles. The molecule has 1 aliphatic rings. The number of aryl methyl sites for hydroxylation is 4. The molecule has 9 rings (SSSR count). The van der Waals surface area contributed by atoms with Gasteiger partial charge in [0.15, 0.2) is 23.3 Å². The first-order valence-corrected chi connectivity index (χ1v) is 31.4. The monoisotopic (exact) mass is 1390 g/mol. The van der Waals surface area contributed by atoms with Crippen molar-refractivity contribution in [2.45, 2.75) is 64.6 Å². The van der Waals surface area contributed by atoms with Gasteiger partial charge >= 0.3 is 17.1 Å². The van der Waals surface area contributed by atoms with E-state index >= 15 is 0 Å². The second-order valence-corrected chi connectivity index (χ2v) is 22.1. The van der Waals surface area contributed by atoms with E-state index < -0.39 is 31.7 Å². The number of rotatable bonds is 26. The van der Waals surface area contributed by atoms with Crippen molar-refractivity contribution >= 4 is 0 Å². The minimum atomic E-state index is -4.94. The molecule has 0 atom stereocenters. The molecule has 31 heteroatoms. The van der Waals surface area contributed by atoms with Crippen LogP contribution in [-0.4, -0.2) is 139 Å². The Balaban J connectivity index is 0.00000132. The average molecular weight is 1390 g/mol. The fourth-order valence-corrected chi connectivity index (χ4v) is 10.8. The van der Waals surface area contributed by atoms with Gasteiger partial charge in [0.25, 0.3) is 0 Å². The average Bonchev–Trinajstić information content (AvgIpc) is 1.74. The van der Waals surface area contributed by atoms with E-state index in [4.69, 9.17) is 95.1 Å². The maximum absolute atomic E-state index is 13.6. The standard InChI is InChI=1S/C62H76N8O10.2ClHO4.Cu.2H2O/c1-9-73-27-31-77-53-43-15-13-16-44(53)36-48-40-52(62(72,59-65-21-25-69(59)7)60-66-22-26-70(60)8)42-50(56(48)80-34-30-76-12-4)38-46-18-14-17-45(54(46)78-32-28-74-10-2)37-49-41-51(39-47(35-43)55(49)79-33-29-75-11-3)61(71,57-63-19-23-67(57)5)58-64-20-24-68(58)6;2*2-1(3,4)5;;;/h13-26,39-42,71-72H,9-12,27-38H2,1-8H3;2*(H,2,3,4,5);;2*1H2/q;;;+2;;/p-2. The molecule has 0 aliphatic heterocycles. The maximum Gasteiger partial charge on any atom is 2.00 e. The Labute approximate surface area is 553 Å². The second kappa shape index (κ2) is 36.3. The van der Waals surface area contributed by atoms with E-state index in [1.807, 2.05) is 135 Å². The molecule has 0 unspecified atom stereocenters. The van der Waals surface area contributed by atoms with Gasteiger partial charge in [-0.05, 0) is 108 Å². The largest absolute Gasteiger partial charge is 2.00 e. The van der Waals surface area contributed by atoms with Gasteiger partial charge in [0.05, 0.1) is 26.4 Å². The summed E-state index contributed by atoms with van der Waals surface area (Å²) in [6.45, 7) is 12.4. The molecule has 1 radical (unpaired) electrons. The summed E-state index contributed by atoms with van der Waals surface area (Å²) in [7, 11) is -2.41. The molecule has 0 saturated carbocycles. The van der Waals surface area contributed by atoms with Crippen LogP contribution >= 0.6 is 0 Å². The number of aromatic nitrogens is 8. The van der Waals surface area contributed by atoms with Crippen molar-refractivity contribution in [3.05, 3.63) is 189 Å². The SMILES string of the molecule is CCOCCOc1c2cccc1Cc1cc(C(O)(c3nccn3C)c3nccn3C)cc(c1OCCOCC)Cc1cccc(c1OCCOCC)Cc1cc(C(O)(c3nccn3C)c3nccn3C)cc(c1OCCOCC)C2.O.O.[Cu+2].[O-][Cl+3]([O-])([O-])[O-].[O-][Cl+3]([O-])([O-])[O-]. The van der Waals surface area contributed by atoms with Crippen LogP contribution in [0.3, 0.4) is 0 Å². The number of hydrogen-bond donors (Lipinski definition) is 2. The summed E-state index contributed by atoms with van der Waals surface area (Å²) in [6, 6.07) is 20.4. The Hall–Kier alpha value is -6.62. The van der Waals surface area contributed by atoms with Gasteiger partial charge in [0.2, 0.25) is 11.2 Å². The predicted molar refractivity (Wildman–Crippen MR) is 309 cm³/mol. The number of fused-ring (bicyclic) bond motifs is 8. The van der Waals surface area contributed by atoms with E-state index in [9.17, 15) is 10.2 Å². The normalized spacial score (nSPS) is 12.2. The number of nitrogens with zero attached hydrogens (tertiary/aromatic N) is 8. The second-order valence-electron chi connectivity index (χ2n) is 20.6. The zero-order valence-corrected chi connectivity index (χ0v) is 55.2. The Bertz CT molecular complexity index is 3160. The molecule has 1 aliphatic carbocycles. The molecule has 28 nitrogen and oxygen atoms in total. The summed E-state index contributed by atoms with van der Waals surface area (Å²) in [5.74, 6) is 4.13. The van der Waals surface area contributed by atoms with Crippen LogP contribution in [0.2, 0.25) is 0 Å². The van der Waals surface area contributed by atoms with Gasteiger partial charge in [-0.1, -0.05) is 36.4 Å². The summed E-state index contributed by atoms with van der Waals surface area (Å²) in [5.41, 5.74) is 3.96. The molecule has 0 saturated heterocycles. The number of benzene rings is 4. The summed E-state index contributed by atoms with van der Waals surface area (Å²) in [4.78, 5) is 19.1. The van der Waals surface area contributed by atoms with E-state index in [1.165, 1.54) is 0 Å². The molecular formula is C62H80Cl2CuN8O20. The smallest absolute Gasteiger partial charge is 0.491 e. The fraction of sp³-hybridized carbons (Fsp3) is 0.419. The number of ether oxygens (including phenoxy) is 8. The summed E-state index contributed by atoms with van der Waals surface area (Å²) < 4.78 is 127. The van der Waals surface area contributed by atoms with Gasteiger partial charge < -0.3 is 77.3 Å². The molecule has 0 fully saturated rings. The van der Waals surface area contributed by atoms with Crippen LogP contribution in [0.15, 0.2) is 110 Å². The van der Waals surface area contributed by atoms with Gasteiger partial charge in [0.1, 0.15) is 49.4 Å². The molecule has 93 heavy (non-hydrogen) atoms. The zero-order chi connectivity index (χ0) is 65.2. The third kappa shape index (κ3) is 20.7. The van der Waals surface area contributed by atoms with Crippen LogP contribution in [0.5, 0.6) is 23.0 Å². The zero-order valence-electron chi connectivity index (χ0n) is 52.8. The van der Waals surface area contributed by atoms with Crippen LogP contribution in [0, 0.1) is 20.5 Å². The van der Waals surface area contributed by atoms with Crippen molar-refractivity contribution in [3.63, 3.8) is 0 Å². The molecule has 513 valence electrons. The van der Waals surface area contributed by atoms with Crippen molar-refractivity contribution < 1.29 is 134 Å². The van der Waals surface area contributed by atoms with E-state index in [0.717, 1.165) is 44.5 Å². The molecular weight excluding hydrogens is 1310 g/mol. The quantitative estimate of drug-likeness (QED) is 0.0390. The molecule has 8 aromatic rings. The van der Waals surface area contributed by atoms with E-state index in [1.54, 1.807) is 24.8 Å². The number of imidazole rings is 4. The van der Waals surface area contributed by atoms with Gasteiger partial charge in [-0.15, -0.1) is 20.5 Å². The van der Waals surface area contributed by atoms with Crippen molar-refractivity contribution in [2.24, 2.45) is 28.2 Å². The van der Waals surface area contributed by atoms with Gasteiger partial charge in [0, 0.05) is 130 Å². The Kier molecular flexibility index (Phi) is 30.8. The van der Waals surface area contributed by atoms with Crippen LogP contribution in [0.4, 0.5) is 0 Å². The number of halogens is 2. The predicted octanol–water partition coefficient (Wildman–Crippen LogP) is -3.64. The van der Waals surface area contributed by atoms with Gasteiger partial charge in [-0.25, -0.2) is 57.2 Å². The van der Waals surface area contributed by atoms with E-state index in [-0.39, 0.29) is 54.4 Å². The van der Waals surface area contributed by atoms with Gasteiger partial charge in [-0.3, -0.25) is 0 Å². The molecule has 4 aromatic carbocycles. The Morgan fingerprint density at radius 3 is 0.774 bits per heavy atom. The first kappa shape index (κ1) is 78.8. The molecule has 8 bridgehead atoms. The van der Waals surface area contributed by atoms with Crippen molar-refractivity contribution in [1.29, 1.82) is 0 Å². The maximum atomic E-state index is 13.6. The van der Waals surface area contributed by atoms with Gasteiger partial charge in [-0.2, -0.15) is 0 Å². The molecule has 0 amide bonds. The molecule has 0 spiro atoms. The van der Waals surface area contributed by atoms with Crippen LogP contribution in [0.25, 0.3) is 0 Å². The fourth-order valence-electron chi connectivity index (χ4n) is 10.8. The number of aliphatic hydroxyl groups is 2. The topological polar surface area (TPSA) is 433 Å². The Morgan fingerprint density at radius 2 is 0.591 bits per heavy atom. The third-order valence-electron chi connectivity index (χ3n) is 14.5. The number of para-hydroxylation sites is 2. The third-order valence-corrected chi connectivity index (χ3v) is 14.5. The molecule has 4 aromatic heterocycles. The van der Waals surface area contributed by atoms with E-state index in [0.29, 0.717) is 136 Å². The Morgan fingerprint density at radius 1 is 0.387 bits per heavy atom. The van der Waals surface area contributed by atoms with Crippen molar-refractivity contribution in [3.8, 4) is 23.0 Å². The van der Waals surface area contributed by atoms with Crippen molar-refractivity contribution in [2.75, 3.05) is 79.3 Å². The minimum absolute atomic E-state index is 0.